The molecule has 0 spiro atoms. The van der Waals surface area contributed by atoms with Crippen LogP contribution in [0.25, 0.3) is 0 Å². The molecule has 0 atom stereocenters. The zero-order valence-electron chi connectivity index (χ0n) is 13.6. The summed E-state index contributed by atoms with van der Waals surface area (Å²) in [5.41, 5.74) is 1.93. The summed E-state index contributed by atoms with van der Waals surface area (Å²) in [5, 5.41) is 15.1. The quantitative estimate of drug-likeness (QED) is 0.829. The predicted octanol–water partition coefficient (Wildman–Crippen LogP) is 2.32. The van der Waals surface area contributed by atoms with Crippen molar-refractivity contribution in [3.8, 4) is 0 Å². The summed E-state index contributed by atoms with van der Waals surface area (Å²) < 4.78 is 5.34. The second kappa shape index (κ2) is 8.23. The van der Waals surface area contributed by atoms with E-state index in [0.717, 1.165) is 50.6 Å². The Morgan fingerprint density at radius 3 is 2.96 bits per heavy atom. The van der Waals surface area contributed by atoms with E-state index in [1.807, 2.05) is 25.1 Å². The molecule has 1 fully saturated rings. The van der Waals surface area contributed by atoms with Gasteiger partial charge in [0.25, 0.3) is 0 Å². The zero-order chi connectivity index (χ0) is 16.8. The Morgan fingerprint density at radius 1 is 1.29 bits per heavy atom. The summed E-state index contributed by atoms with van der Waals surface area (Å²) in [6.07, 6.45) is 1.62. The van der Waals surface area contributed by atoms with E-state index in [4.69, 9.17) is 16.3 Å². The number of hydrogen-bond donors (Lipinski definition) is 2. The number of ether oxygens (including phenoxy) is 1. The van der Waals surface area contributed by atoms with Gasteiger partial charge in [0.15, 0.2) is 5.82 Å². The maximum absolute atomic E-state index is 6.03. The van der Waals surface area contributed by atoms with Crippen LogP contribution in [0.3, 0.4) is 0 Å². The number of aryl methyl sites for hydroxylation is 1. The van der Waals surface area contributed by atoms with Gasteiger partial charge in [-0.1, -0.05) is 17.7 Å². The van der Waals surface area contributed by atoms with Gasteiger partial charge in [0.1, 0.15) is 0 Å². The minimum atomic E-state index is 0.441. The molecule has 2 aromatic rings. The molecular weight excluding hydrogens is 328 g/mol. The van der Waals surface area contributed by atoms with E-state index in [2.05, 4.69) is 30.7 Å². The number of benzene rings is 1. The van der Waals surface area contributed by atoms with Crippen molar-refractivity contribution in [3.63, 3.8) is 0 Å². The zero-order valence-corrected chi connectivity index (χ0v) is 14.4. The van der Waals surface area contributed by atoms with E-state index in [1.54, 1.807) is 6.20 Å². The molecular formula is C16H21ClN6O. The smallest absolute Gasteiger partial charge is 0.249 e. The molecule has 1 aliphatic heterocycles. The molecule has 7 nitrogen and oxygen atoms in total. The lowest BCUT2D eigenvalue weighted by molar-refractivity contribution is 0.0398. The molecule has 0 radical (unpaired) electrons. The first-order valence-corrected chi connectivity index (χ1v) is 8.35. The number of rotatable bonds is 6. The van der Waals surface area contributed by atoms with Crippen LogP contribution in [0.4, 0.5) is 17.5 Å². The number of nitrogens with zero attached hydrogens (tertiary/aromatic N) is 4. The summed E-state index contributed by atoms with van der Waals surface area (Å²) in [7, 11) is 0. The van der Waals surface area contributed by atoms with Gasteiger partial charge in [-0.2, -0.15) is 10.1 Å². The fourth-order valence-corrected chi connectivity index (χ4v) is 2.63. The van der Waals surface area contributed by atoms with Crippen LogP contribution in [-0.2, 0) is 4.74 Å². The highest BCUT2D eigenvalue weighted by molar-refractivity contribution is 6.30. The second-order valence-electron chi connectivity index (χ2n) is 5.63. The SMILES string of the molecule is Cc1ccc(Cl)cc1Nc1nncc(NCCN2CCOCC2)n1. The Kier molecular flexibility index (Phi) is 5.79. The standard InChI is InChI=1S/C16H21ClN6O/c1-12-2-3-13(17)10-14(12)20-16-21-15(11-19-22-16)18-4-5-23-6-8-24-9-7-23/h2-3,10-11H,4-9H2,1H3,(H2,18,20,21,22). The normalized spacial score (nSPS) is 15.2. The molecule has 2 heterocycles. The van der Waals surface area contributed by atoms with Gasteiger partial charge in [0, 0.05) is 36.9 Å². The molecule has 128 valence electrons. The minimum absolute atomic E-state index is 0.441. The molecule has 1 aromatic carbocycles. The molecule has 0 amide bonds. The monoisotopic (exact) mass is 348 g/mol. The summed E-state index contributed by atoms with van der Waals surface area (Å²) in [4.78, 5) is 6.80. The number of halogens is 1. The first-order chi connectivity index (χ1) is 11.7. The highest BCUT2D eigenvalue weighted by atomic mass is 35.5. The Morgan fingerprint density at radius 2 is 2.12 bits per heavy atom. The van der Waals surface area contributed by atoms with Crippen LogP contribution in [0.2, 0.25) is 5.02 Å². The largest absolute Gasteiger partial charge is 0.379 e. The lowest BCUT2D eigenvalue weighted by atomic mass is 10.2. The van der Waals surface area contributed by atoms with E-state index < -0.39 is 0 Å². The van der Waals surface area contributed by atoms with Crippen molar-refractivity contribution < 1.29 is 4.74 Å². The van der Waals surface area contributed by atoms with Crippen molar-refractivity contribution in [1.29, 1.82) is 0 Å². The van der Waals surface area contributed by atoms with Crippen molar-refractivity contribution in [3.05, 3.63) is 35.0 Å². The highest BCUT2D eigenvalue weighted by Crippen LogP contribution is 2.22. The van der Waals surface area contributed by atoms with Crippen LogP contribution in [0.1, 0.15) is 5.56 Å². The first-order valence-electron chi connectivity index (χ1n) is 7.97. The van der Waals surface area contributed by atoms with Crippen LogP contribution < -0.4 is 10.6 Å². The second-order valence-corrected chi connectivity index (χ2v) is 6.07. The van der Waals surface area contributed by atoms with Crippen molar-refractivity contribution >= 4 is 29.1 Å². The Hall–Kier alpha value is -1.96. The lowest BCUT2D eigenvalue weighted by Gasteiger charge is -2.26. The Bertz CT molecular complexity index is 677. The topological polar surface area (TPSA) is 75.2 Å². The molecule has 0 saturated carbocycles. The number of morpholine rings is 1. The number of nitrogens with one attached hydrogen (secondary N) is 2. The predicted molar refractivity (Wildman–Crippen MR) is 95.0 cm³/mol. The molecule has 0 bridgehead atoms. The van der Waals surface area contributed by atoms with Crippen molar-refractivity contribution in [2.75, 3.05) is 50.0 Å². The average Bonchev–Trinajstić information content (AvgIpc) is 2.60. The Balaban J connectivity index is 1.56. The molecule has 24 heavy (non-hydrogen) atoms. The van der Waals surface area contributed by atoms with E-state index in [9.17, 15) is 0 Å². The van der Waals surface area contributed by atoms with Crippen LogP contribution >= 0.6 is 11.6 Å². The first kappa shape index (κ1) is 16.9. The third-order valence-corrected chi connectivity index (χ3v) is 4.08. The van der Waals surface area contributed by atoms with Gasteiger partial charge >= 0.3 is 0 Å². The van der Waals surface area contributed by atoms with E-state index in [0.29, 0.717) is 16.8 Å². The average molecular weight is 349 g/mol. The van der Waals surface area contributed by atoms with E-state index in [-0.39, 0.29) is 0 Å². The molecule has 1 aromatic heterocycles. The van der Waals surface area contributed by atoms with Gasteiger partial charge in [0.05, 0.1) is 19.4 Å². The van der Waals surface area contributed by atoms with Gasteiger partial charge in [0.2, 0.25) is 5.95 Å². The van der Waals surface area contributed by atoms with Crippen LogP contribution in [0, 0.1) is 6.92 Å². The van der Waals surface area contributed by atoms with Crippen molar-refractivity contribution in [2.24, 2.45) is 0 Å². The van der Waals surface area contributed by atoms with Gasteiger partial charge in [-0.25, -0.2) is 0 Å². The molecule has 8 heteroatoms. The molecule has 3 rings (SSSR count). The lowest BCUT2D eigenvalue weighted by Crippen LogP contribution is -2.39. The Labute approximate surface area is 146 Å². The number of hydrogen-bond acceptors (Lipinski definition) is 7. The molecule has 1 aliphatic rings. The highest BCUT2D eigenvalue weighted by Gasteiger charge is 2.10. The fraction of sp³-hybridized carbons (Fsp3) is 0.438. The van der Waals surface area contributed by atoms with E-state index >= 15 is 0 Å². The van der Waals surface area contributed by atoms with Gasteiger partial charge in [-0.3, -0.25) is 4.90 Å². The fourth-order valence-electron chi connectivity index (χ4n) is 2.46. The van der Waals surface area contributed by atoms with Crippen LogP contribution in [0.5, 0.6) is 0 Å². The maximum Gasteiger partial charge on any atom is 0.249 e. The van der Waals surface area contributed by atoms with E-state index in [1.165, 1.54) is 0 Å². The summed E-state index contributed by atoms with van der Waals surface area (Å²) in [6, 6.07) is 5.64. The van der Waals surface area contributed by atoms with Crippen molar-refractivity contribution in [1.82, 2.24) is 20.1 Å². The van der Waals surface area contributed by atoms with Gasteiger partial charge in [-0.15, -0.1) is 5.10 Å². The van der Waals surface area contributed by atoms with Crippen molar-refractivity contribution in [2.45, 2.75) is 6.92 Å². The minimum Gasteiger partial charge on any atom is -0.379 e. The molecule has 2 N–H and O–H groups in total. The summed E-state index contributed by atoms with van der Waals surface area (Å²) >= 11 is 6.03. The molecule has 0 aliphatic carbocycles. The van der Waals surface area contributed by atoms with Crippen LogP contribution in [-0.4, -0.2) is 59.5 Å². The summed E-state index contributed by atoms with van der Waals surface area (Å²) in [6.45, 7) is 7.31. The van der Waals surface area contributed by atoms with Gasteiger partial charge < -0.3 is 15.4 Å². The molecule has 0 unspecified atom stereocenters. The third-order valence-electron chi connectivity index (χ3n) is 3.84. The number of anilines is 3. The van der Waals surface area contributed by atoms with Crippen LogP contribution in [0.15, 0.2) is 24.4 Å². The molecule has 1 saturated heterocycles. The number of aromatic nitrogens is 3. The third kappa shape index (κ3) is 4.77. The van der Waals surface area contributed by atoms with Gasteiger partial charge in [-0.05, 0) is 24.6 Å². The maximum atomic E-state index is 6.03. The summed E-state index contributed by atoms with van der Waals surface area (Å²) in [5.74, 6) is 1.14.